The molecule has 1 aromatic carbocycles. The average molecular weight is 325 g/mol. The van der Waals surface area contributed by atoms with E-state index in [2.05, 4.69) is 36.5 Å². The van der Waals surface area contributed by atoms with Gasteiger partial charge in [0.25, 0.3) is 0 Å². The fraction of sp³-hybridized carbons (Fsp3) is 0.231. The van der Waals surface area contributed by atoms with Crippen molar-refractivity contribution in [1.29, 1.82) is 0 Å². The van der Waals surface area contributed by atoms with Gasteiger partial charge in [0.05, 0.1) is 6.04 Å². The lowest BCUT2D eigenvalue weighted by Crippen LogP contribution is -2.11. The molecule has 0 amide bonds. The van der Waals surface area contributed by atoms with E-state index in [0.29, 0.717) is 17.2 Å². The monoisotopic (exact) mass is 324 g/mol. The Hall–Kier alpha value is -1.69. The van der Waals surface area contributed by atoms with E-state index in [1.807, 2.05) is 13.0 Å². The Kier molecular flexibility index (Phi) is 4.31. The summed E-state index contributed by atoms with van der Waals surface area (Å²) in [6, 6.07) is 6.48. The van der Waals surface area contributed by atoms with Gasteiger partial charge in [0.2, 0.25) is 0 Å². The highest BCUT2D eigenvalue weighted by molar-refractivity contribution is 9.10. The molecule has 0 saturated carbocycles. The van der Waals surface area contributed by atoms with E-state index >= 15 is 0 Å². The molecule has 0 spiro atoms. The van der Waals surface area contributed by atoms with Gasteiger partial charge < -0.3 is 10.6 Å². The van der Waals surface area contributed by atoms with Crippen LogP contribution in [0.5, 0.6) is 0 Å². The second-order valence-corrected chi connectivity index (χ2v) is 4.82. The predicted octanol–water partition coefficient (Wildman–Crippen LogP) is 3.59. The van der Waals surface area contributed by atoms with Crippen LogP contribution in [-0.4, -0.2) is 17.0 Å². The smallest absolute Gasteiger partial charge is 0.146 e. The largest absolute Gasteiger partial charge is 0.372 e. The summed E-state index contributed by atoms with van der Waals surface area (Å²) >= 11 is 3.42. The highest BCUT2D eigenvalue weighted by Crippen LogP contribution is 2.29. The van der Waals surface area contributed by atoms with Gasteiger partial charge in [-0.2, -0.15) is 0 Å². The van der Waals surface area contributed by atoms with Crippen LogP contribution in [-0.2, 0) is 0 Å². The Bertz CT molecular complexity index is 576. The molecule has 1 unspecified atom stereocenters. The molecule has 2 aromatic rings. The molecule has 2 rings (SSSR count). The minimum atomic E-state index is -0.235. The highest BCUT2D eigenvalue weighted by Gasteiger charge is 2.14. The van der Waals surface area contributed by atoms with Gasteiger partial charge in [0.15, 0.2) is 0 Å². The molecule has 19 heavy (non-hydrogen) atoms. The Morgan fingerprint density at radius 1 is 1.21 bits per heavy atom. The summed E-state index contributed by atoms with van der Waals surface area (Å²) in [5.74, 6) is 1.06. The maximum Gasteiger partial charge on any atom is 0.146 e. The first-order valence-corrected chi connectivity index (χ1v) is 6.62. The second kappa shape index (κ2) is 5.97. The first-order valence-electron chi connectivity index (χ1n) is 5.82. The first kappa shape index (κ1) is 13.7. The van der Waals surface area contributed by atoms with Crippen molar-refractivity contribution in [2.45, 2.75) is 13.0 Å². The third kappa shape index (κ3) is 3.01. The van der Waals surface area contributed by atoms with Gasteiger partial charge in [-0.25, -0.2) is 14.4 Å². The van der Waals surface area contributed by atoms with Gasteiger partial charge >= 0.3 is 0 Å². The van der Waals surface area contributed by atoms with E-state index in [1.54, 1.807) is 19.2 Å². The molecule has 0 bridgehead atoms. The summed E-state index contributed by atoms with van der Waals surface area (Å²) in [4.78, 5) is 8.22. The van der Waals surface area contributed by atoms with Crippen molar-refractivity contribution >= 4 is 27.6 Å². The number of hydrogen-bond donors (Lipinski definition) is 2. The van der Waals surface area contributed by atoms with Crippen LogP contribution in [0.2, 0.25) is 0 Å². The molecule has 2 N–H and O–H groups in total. The second-order valence-electron chi connectivity index (χ2n) is 4.02. The van der Waals surface area contributed by atoms with E-state index in [9.17, 15) is 4.39 Å². The fourth-order valence-electron chi connectivity index (χ4n) is 1.75. The van der Waals surface area contributed by atoms with Crippen molar-refractivity contribution in [2.24, 2.45) is 0 Å². The lowest BCUT2D eigenvalue weighted by molar-refractivity contribution is 0.600. The normalized spacial score (nSPS) is 12.0. The third-order valence-electron chi connectivity index (χ3n) is 2.75. The SMILES string of the molecule is CNc1ncnc(NC(C)c2ccccc2F)c1Br. The molecule has 4 nitrogen and oxygen atoms in total. The zero-order valence-corrected chi connectivity index (χ0v) is 12.2. The maximum absolute atomic E-state index is 13.7. The zero-order valence-electron chi connectivity index (χ0n) is 10.6. The number of nitrogens with zero attached hydrogens (tertiary/aromatic N) is 2. The number of aromatic nitrogens is 2. The summed E-state index contributed by atoms with van der Waals surface area (Å²) in [6.45, 7) is 1.88. The van der Waals surface area contributed by atoms with Crippen LogP contribution in [0.1, 0.15) is 18.5 Å². The van der Waals surface area contributed by atoms with Gasteiger partial charge in [-0.05, 0) is 28.9 Å². The first-order chi connectivity index (χ1) is 9.13. The molecular formula is C13H14BrFN4. The molecule has 1 atom stereocenters. The third-order valence-corrected chi connectivity index (χ3v) is 3.50. The number of halogens is 2. The standard InChI is InChI=1S/C13H14BrFN4/c1-8(9-5-3-4-6-10(9)15)19-13-11(14)12(16-2)17-7-18-13/h3-8H,1-2H3,(H2,16,17,18,19). The number of rotatable bonds is 4. The van der Waals surface area contributed by atoms with Crippen molar-refractivity contribution in [2.75, 3.05) is 17.7 Å². The van der Waals surface area contributed by atoms with Crippen LogP contribution in [0.4, 0.5) is 16.0 Å². The summed E-state index contributed by atoms with van der Waals surface area (Å²) < 4.78 is 14.4. The molecule has 0 aliphatic carbocycles. The molecule has 1 aromatic heterocycles. The van der Waals surface area contributed by atoms with E-state index < -0.39 is 0 Å². The van der Waals surface area contributed by atoms with Crippen molar-refractivity contribution in [3.8, 4) is 0 Å². The molecule has 0 radical (unpaired) electrons. The molecule has 0 fully saturated rings. The van der Waals surface area contributed by atoms with E-state index in [1.165, 1.54) is 12.4 Å². The minimum absolute atomic E-state index is 0.197. The Labute approximate surface area is 119 Å². The van der Waals surface area contributed by atoms with Crippen LogP contribution in [0.15, 0.2) is 35.1 Å². The maximum atomic E-state index is 13.7. The van der Waals surface area contributed by atoms with Crippen molar-refractivity contribution < 1.29 is 4.39 Å². The minimum Gasteiger partial charge on any atom is -0.372 e. The van der Waals surface area contributed by atoms with Crippen LogP contribution >= 0.6 is 15.9 Å². The summed E-state index contributed by atoms with van der Waals surface area (Å²) in [7, 11) is 1.77. The van der Waals surface area contributed by atoms with Crippen LogP contribution in [0, 0.1) is 5.82 Å². The molecular weight excluding hydrogens is 311 g/mol. The summed E-state index contributed by atoms with van der Waals surface area (Å²) in [5.41, 5.74) is 0.596. The molecule has 0 saturated heterocycles. The topological polar surface area (TPSA) is 49.8 Å². The average Bonchev–Trinajstić information content (AvgIpc) is 2.41. The molecule has 0 aliphatic rings. The van der Waals surface area contributed by atoms with Crippen molar-refractivity contribution in [3.05, 3.63) is 46.4 Å². The van der Waals surface area contributed by atoms with Crippen molar-refractivity contribution in [1.82, 2.24) is 9.97 Å². The van der Waals surface area contributed by atoms with Gasteiger partial charge in [-0.3, -0.25) is 0 Å². The summed E-state index contributed by atoms with van der Waals surface area (Å²) in [5, 5.41) is 6.11. The molecule has 1 heterocycles. The van der Waals surface area contributed by atoms with Crippen LogP contribution in [0.3, 0.4) is 0 Å². The molecule has 6 heteroatoms. The van der Waals surface area contributed by atoms with E-state index in [0.717, 1.165) is 4.47 Å². The lowest BCUT2D eigenvalue weighted by atomic mass is 10.1. The molecule has 0 aliphatic heterocycles. The van der Waals surface area contributed by atoms with Gasteiger partial charge in [-0.1, -0.05) is 18.2 Å². The lowest BCUT2D eigenvalue weighted by Gasteiger charge is -2.17. The van der Waals surface area contributed by atoms with E-state index in [4.69, 9.17) is 0 Å². The Morgan fingerprint density at radius 3 is 2.58 bits per heavy atom. The van der Waals surface area contributed by atoms with Gasteiger partial charge in [0, 0.05) is 12.6 Å². The van der Waals surface area contributed by atoms with Crippen LogP contribution < -0.4 is 10.6 Å². The fourth-order valence-corrected chi connectivity index (χ4v) is 2.27. The highest BCUT2D eigenvalue weighted by atomic mass is 79.9. The van der Waals surface area contributed by atoms with Gasteiger partial charge in [0.1, 0.15) is 28.3 Å². The predicted molar refractivity (Wildman–Crippen MR) is 77.7 cm³/mol. The van der Waals surface area contributed by atoms with Gasteiger partial charge in [-0.15, -0.1) is 0 Å². The number of hydrogen-bond acceptors (Lipinski definition) is 4. The number of nitrogens with one attached hydrogen (secondary N) is 2. The summed E-state index contributed by atoms with van der Waals surface area (Å²) in [6.07, 6.45) is 1.45. The van der Waals surface area contributed by atoms with E-state index in [-0.39, 0.29) is 11.9 Å². The number of benzene rings is 1. The van der Waals surface area contributed by atoms with Crippen molar-refractivity contribution in [3.63, 3.8) is 0 Å². The molecule has 100 valence electrons. The number of anilines is 2. The van der Waals surface area contributed by atoms with Crippen LogP contribution in [0.25, 0.3) is 0 Å². The zero-order chi connectivity index (χ0) is 13.8. The quantitative estimate of drug-likeness (QED) is 0.902. The Balaban J connectivity index is 2.24. The Morgan fingerprint density at radius 2 is 1.89 bits per heavy atom.